The van der Waals surface area contributed by atoms with Crippen LogP contribution in [0.1, 0.15) is 56.6 Å². The number of benzene rings is 2. The highest BCUT2D eigenvalue weighted by Crippen LogP contribution is 2.25. The second kappa shape index (κ2) is 9.51. The molecule has 1 fully saturated rings. The lowest BCUT2D eigenvalue weighted by atomic mass is 9.99. The Labute approximate surface area is 160 Å². The average Bonchev–Trinajstić information content (AvgIpc) is 2.96. The zero-order chi connectivity index (χ0) is 19.1. The van der Waals surface area contributed by atoms with E-state index in [1.54, 1.807) is 0 Å². The van der Waals surface area contributed by atoms with E-state index in [-0.39, 0.29) is 12.6 Å². The van der Waals surface area contributed by atoms with Crippen LogP contribution in [0, 0.1) is 0 Å². The maximum Gasteiger partial charge on any atom is 0.309 e. The third-order valence-corrected chi connectivity index (χ3v) is 5.28. The molecule has 5 nitrogen and oxygen atoms in total. The molecule has 3 N–H and O–H groups in total. The van der Waals surface area contributed by atoms with Gasteiger partial charge in [0.1, 0.15) is 0 Å². The summed E-state index contributed by atoms with van der Waals surface area (Å²) in [4.78, 5) is 24.1. The van der Waals surface area contributed by atoms with Crippen LogP contribution in [0.2, 0.25) is 0 Å². The Kier molecular flexibility index (Phi) is 6.82. The first-order valence-electron chi connectivity index (χ1n) is 9.89. The van der Waals surface area contributed by atoms with E-state index in [4.69, 9.17) is 0 Å². The van der Waals surface area contributed by atoms with Crippen molar-refractivity contribution in [3.8, 4) is 0 Å². The maximum atomic E-state index is 12.1. The molecular formula is C22H28N2O3. The summed E-state index contributed by atoms with van der Waals surface area (Å²) in [6.07, 6.45) is 6.15. The molecule has 0 aromatic heterocycles. The number of nitrogens with one attached hydrogen (secondary N) is 2. The molecule has 2 aromatic carbocycles. The molecule has 0 radical (unpaired) electrons. The van der Waals surface area contributed by atoms with Crippen molar-refractivity contribution in [2.75, 3.05) is 6.54 Å². The van der Waals surface area contributed by atoms with Gasteiger partial charge in [-0.3, -0.25) is 9.59 Å². The second-order valence-corrected chi connectivity index (χ2v) is 7.29. The molecule has 0 spiro atoms. The Bertz CT molecular complexity index is 777. The highest BCUT2D eigenvalue weighted by Gasteiger charge is 2.20. The third kappa shape index (κ3) is 5.30. The Morgan fingerprint density at radius 3 is 2.44 bits per heavy atom. The summed E-state index contributed by atoms with van der Waals surface area (Å²) in [5.74, 6) is -1.19. The number of carbonyl (C=O) groups excluding carboxylic acids is 2. The molecule has 3 rings (SSSR count). The molecule has 0 aliphatic heterocycles. The van der Waals surface area contributed by atoms with Crippen molar-refractivity contribution in [1.29, 1.82) is 0 Å². The molecule has 1 atom stereocenters. The summed E-state index contributed by atoms with van der Waals surface area (Å²) in [6.45, 7) is 0.251. The molecule has 0 heterocycles. The molecule has 1 unspecified atom stereocenters. The molecule has 1 aliphatic rings. The van der Waals surface area contributed by atoms with Gasteiger partial charge in [0.15, 0.2) is 0 Å². The van der Waals surface area contributed by atoms with E-state index < -0.39 is 17.9 Å². The number of amides is 2. The van der Waals surface area contributed by atoms with Crippen LogP contribution in [0.4, 0.5) is 0 Å². The molecule has 5 heteroatoms. The van der Waals surface area contributed by atoms with Gasteiger partial charge in [-0.15, -0.1) is 0 Å². The van der Waals surface area contributed by atoms with Crippen LogP contribution < -0.4 is 10.6 Å². The second-order valence-electron chi connectivity index (χ2n) is 7.29. The van der Waals surface area contributed by atoms with Gasteiger partial charge in [-0.05, 0) is 35.6 Å². The van der Waals surface area contributed by atoms with Crippen molar-refractivity contribution in [2.45, 2.75) is 57.1 Å². The van der Waals surface area contributed by atoms with E-state index in [0.29, 0.717) is 6.42 Å². The first-order valence-corrected chi connectivity index (χ1v) is 9.89. The minimum absolute atomic E-state index is 0.104. The topological polar surface area (TPSA) is 78.4 Å². The van der Waals surface area contributed by atoms with Crippen molar-refractivity contribution in [3.63, 3.8) is 0 Å². The highest BCUT2D eigenvalue weighted by atomic mass is 16.3. The van der Waals surface area contributed by atoms with E-state index >= 15 is 0 Å². The summed E-state index contributed by atoms with van der Waals surface area (Å²) in [6, 6.07) is 13.8. The van der Waals surface area contributed by atoms with Gasteiger partial charge >= 0.3 is 11.8 Å². The fourth-order valence-corrected chi connectivity index (χ4v) is 3.77. The average molecular weight is 368 g/mol. The molecule has 2 aromatic rings. The molecule has 27 heavy (non-hydrogen) atoms. The normalized spacial score (nSPS) is 16.5. The van der Waals surface area contributed by atoms with Gasteiger partial charge in [0.25, 0.3) is 0 Å². The Balaban J connectivity index is 1.48. The van der Waals surface area contributed by atoms with Crippen molar-refractivity contribution in [2.24, 2.45) is 0 Å². The fraction of sp³-hybridized carbons (Fsp3) is 0.455. The van der Waals surface area contributed by atoms with Gasteiger partial charge in [0.2, 0.25) is 0 Å². The first-order chi connectivity index (χ1) is 13.1. The Hall–Kier alpha value is -2.40. The van der Waals surface area contributed by atoms with E-state index in [9.17, 15) is 14.7 Å². The molecular weight excluding hydrogens is 340 g/mol. The number of rotatable bonds is 5. The minimum atomic E-state index is -0.693. The lowest BCUT2D eigenvalue weighted by Gasteiger charge is -2.17. The van der Waals surface area contributed by atoms with Crippen LogP contribution >= 0.6 is 0 Å². The number of aliphatic hydroxyl groups excluding tert-OH is 1. The van der Waals surface area contributed by atoms with Crippen LogP contribution in [0.3, 0.4) is 0 Å². The van der Waals surface area contributed by atoms with Crippen molar-refractivity contribution in [3.05, 3.63) is 48.0 Å². The lowest BCUT2D eigenvalue weighted by Crippen LogP contribution is -2.44. The Morgan fingerprint density at radius 2 is 1.67 bits per heavy atom. The smallest absolute Gasteiger partial charge is 0.309 e. The van der Waals surface area contributed by atoms with Crippen LogP contribution in [0.25, 0.3) is 10.8 Å². The number of fused-ring (bicyclic) bond motifs is 1. The summed E-state index contributed by atoms with van der Waals surface area (Å²) < 4.78 is 0. The van der Waals surface area contributed by atoms with Gasteiger partial charge < -0.3 is 15.7 Å². The standard InChI is InChI=1S/C22H28N2O3/c25-20(19-13-7-9-16-8-5-6-12-18(16)19)14-15-23-21(26)22(27)24-17-10-3-1-2-4-11-17/h5-9,12-13,17,20,25H,1-4,10-11,14-15H2,(H,23,26)(H,24,27). The predicted octanol–water partition coefficient (Wildman–Crippen LogP) is 3.22. The zero-order valence-corrected chi connectivity index (χ0v) is 15.6. The van der Waals surface area contributed by atoms with Crippen LogP contribution in [-0.2, 0) is 9.59 Å². The van der Waals surface area contributed by atoms with E-state index in [0.717, 1.165) is 42.0 Å². The molecule has 1 saturated carbocycles. The largest absolute Gasteiger partial charge is 0.388 e. The van der Waals surface area contributed by atoms with Gasteiger partial charge in [-0.25, -0.2) is 0 Å². The summed E-state index contributed by atoms with van der Waals surface area (Å²) in [5, 5.41) is 18.0. The SMILES string of the molecule is O=C(NCCC(O)c1cccc2ccccc12)C(=O)NC1CCCCCC1. The first kappa shape index (κ1) is 19.4. The number of carbonyl (C=O) groups is 2. The highest BCUT2D eigenvalue weighted by molar-refractivity contribution is 6.35. The van der Waals surface area contributed by atoms with Crippen LogP contribution in [-0.4, -0.2) is 29.5 Å². The molecule has 0 saturated heterocycles. The number of aliphatic hydroxyl groups is 1. The summed E-state index contributed by atoms with van der Waals surface area (Å²) in [7, 11) is 0. The zero-order valence-electron chi connectivity index (χ0n) is 15.6. The quantitative estimate of drug-likeness (QED) is 0.560. The number of hydrogen-bond donors (Lipinski definition) is 3. The monoisotopic (exact) mass is 368 g/mol. The minimum Gasteiger partial charge on any atom is -0.388 e. The summed E-state index contributed by atoms with van der Waals surface area (Å²) in [5.41, 5.74) is 0.838. The van der Waals surface area contributed by atoms with Crippen molar-refractivity contribution < 1.29 is 14.7 Å². The van der Waals surface area contributed by atoms with Crippen LogP contribution in [0.5, 0.6) is 0 Å². The fourth-order valence-electron chi connectivity index (χ4n) is 3.77. The Morgan fingerprint density at radius 1 is 0.963 bits per heavy atom. The van der Waals surface area contributed by atoms with E-state index in [1.807, 2.05) is 42.5 Å². The molecule has 2 amide bonds. The third-order valence-electron chi connectivity index (χ3n) is 5.28. The predicted molar refractivity (Wildman–Crippen MR) is 106 cm³/mol. The van der Waals surface area contributed by atoms with E-state index in [2.05, 4.69) is 10.6 Å². The summed E-state index contributed by atoms with van der Waals surface area (Å²) >= 11 is 0. The van der Waals surface area contributed by atoms with Gasteiger partial charge in [-0.2, -0.15) is 0 Å². The van der Waals surface area contributed by atoms with Crippen molar-refractivity contribution >= 4 is 22.6 Å². The van der Waals surface area contributed by atoms with E-state index in [1.165, 1.54) is 12.8 Å². The molecule has 1 aliphatic carbocycles. The van der Waals surface area contributed by atoms with Crippen molar-refractivity contribution in [1.82, 2.24) is 10.6 Å². The van der Waals surface area contributed by atoms with Crippen LogP contribution in [0.15, 0.2) is 42.5 Å². The lowest BCUT2D eigenvalue weighted by molar-refractivity contribution is -0.139. The maximum absolute atomic E-state index is 12.1. The van der Waals surface area contributed by atoms with Gasteiger partial charge in [0.05, 0.1) is 6.10 Å². The number of hydrogen-bond acceptors (Lipinski definition) is 3. The van der Waals surface area contributed by atoms with Gasteiger partial charge in [-0.1, -0.05) is 68.1 Å². The van der Waals surface area contributed by atoms with Gasteiger partial charge in [0, 0.05) is 12.6 Å². The molecule has 0 bridgehead atoms. The molecule has 144 valence electrons.